The van der Waals surface area contributed by atoms with Gasteiger partial charge in [0.25, 0.3) is 0 Å². The molecule has 10 heteroatoms. The molecule has 0 amide bonds. The number of alkyl halides is 3. The number of aromatic carboxylic acids is 1. The van der Waals surface area contributed by atoms with E-state index in [1.165, 1.54) is 12.1 Å². The van der Waals surface area contributed by atoms with Gasteiger partial charge in [-0.25, -0.2) is 13.2 Å². The van der Waals surface area contributed by atoms with Gasteiger partial charge in [0.2, 0.25) is 10.0 Å². The van der Waals surface area contributed by atoms with E-state index in [-0.39, 0.29) is 9.88 Å². The molecule has 0 saturated heterocycles. The number of hydrogen-bond acceptors (Lipinski definition) is 4. The lowest BCUT2D eigenvalue weighted by Gasteiger charge is -2.07. The van der Waals surface area contributed by atoms with Crippen LogP contribution >= 0.6 is 11.3 Å². The predicted octanol–water partition coefficient (Wildman–Crippen LogP) is 2.53. The molecule has 2 N–H and O–H groups in total. The first-order chi connectivity index (χ1) is 8.59. The smallest absolute Gasteiger partial charge is 0.389 e. The second kappa shape index (κ2) is 5.78. The zero-order chi connectivity index (χ0) is 14.7. The fourth-order valence-corrected chi connectivity index (χ4v) is 3.32. The van der Waals surface area contributed by atoms with E-state index >= 15 is 0 Å². The number of carbonyl (C=O) groups is 1. The van der Waals surface area contributed by atoms with Crippen LogP contribution in [-0.4, -0.2) is 31.4 Å². The Bertz CT molecular complexity index is 550. The van der Waals surface area contributed by atoms with E-state index < -0.39 is 40.8 Å². The highest BCUT2D eigenvalue weighted by Crippen LogP contribution is 2.24. The van der Waals surface area contributed by atoms with Gasteiger partial charge in [0.15, 0.2) is 0 Å². The summed E-state index contributed by atoms with van der Waals surface area (Å²) in [6.07, 6.45) is -6.12. The van der Waals surface area contributed by atoms with E-state index in [4.69, 9.17) is 5.11 Å². The third-order valence-electron chi connectivity index (χ3n) is 1.95. The minimum Gasteiger partial charge on any atom is -0.477 e. The number of halogens is 3. The van der Waals surface area contributed by atoms with Crippen molar-refractivity contribution in [2.24, 2.45) is 0 Å². The highest BCUT2D eigenvalue weighted by Gasteiger charge is 2.27. The Hall–Kier alpha value is -1.29. The first-order valence-corrected chi connectivity index (χ1v) is 7.46. The van der Waals surface area contributed by atoms with Gasteiger partial charge in [-0.1, -0.05) is 0 Å². The van der Waals surface area contributed by atoms with Gasteiger partial charge in [-0.15, -0.1) is 11.3 Å². The van der Waals surface area contributed by atoms with Crippen LogP contribution in [0.4, 0.5) is 18.2 Å². The minimum atomic E-state index is -4.39. The van der Waals surface area contributed by atoms with Gasteiger partial charge in [0.1, 0.15) is 9.88 Å². The van der Waals surface area contributed by atoms with Crippen LogP contribution in [0.15, 0.2) is 12.1 Å². The Labute approximate surface area is 111 Å². The maximum atomic E-state index is 11.9. The SMILES string of the molecule is O=C(O)c1ccc(NS(=O)(=O)CCCC(F)(F)F)s1. The molecule has 108 valence electrons. The van der Waals surface area contributed by atoms with Crippen molar-refractivity contribution in [1.29, 1.82) is 0 Å². The molecule has 0 bridgehead atoms. The number of sulfonamides is 1. The maximum Gasteiger partial charge on any atom is 0.389 e. The average molecular weight is 317 g/mol. The van der Waals surface area contributed by atoms with Crippen LogP contribution < -0.4 is 4.72 Å². The third kappa shape index (κ3) is 5.92. The standard InChI is InChI=1S/C9H10F3NO4S2/c10-9(11,12)4-1-5-19(16,17)13-7-3-2-6(18-7)8(14)15/h2-3,13H,1,4-5H2,(H,14,15). The van der Waals surface area contributed by atoms with Crippen LogP contribution in [0.3, 0.4) is 0 Å². The lowest BCUT2D eigenvalue weighted by atomic mass is 10.3. The molecule has 1 aromatic heterocycles. The van der Waals surface area contributed by atoms with Crippen molar-refractivity contribution in [3.05, 3.63) is 17.0 Å². The van der Waals surface area contributed by atoms with Gasteiger partial charge in [0, 0.05) is 6.42 Å². The van der Waals surface area contributed by atoms with E-state index in [0.29, 0.717) is 11.3 Å². The Morgan fingerprint density at radius 3 is 2.47 bits per heavy atom. The molecule has 0 atom stereocenters. The van der Waals surface area contributed by atoms with Crippen molar-refractivity contribution in [3.8, 4) is 0 Å². The molecule has 0 unspecified atom stereocenters. The number of carboxylic acids is 1. The van der Waals surface area contributed by atoms with Gasteiger partial charge in [-0.05, 0) is 18.6 Å². The van der Waals surface area contributed by atoms with Crippen LogP contribution in [-0.2, 0) is 10.0 Å². The molecule has 1 aromatic rings. The fourth-order valence-electron chi connectivity index (χ4n) is 1.17. The summed E-state index contributed by atoms with van der Waals surface area (Å²) >= 11 is 0.695. The van der Waals surface area contributed by atoms with Crippen molar-refractivity contribution >= 4 is 32.3 Å². The second-order valence-corrected chi connectivity index (χ2v) is 6.53. The topological polar surface area (TPSA) is 83.5 Å². The minimum absolute atomic E-state index is 0.0596. The summed E-state index contributed by atoms with van der Waals surface area (Å²) in [6, 6.07) is 2.45. The van der Waals surface area contributed by atoms with Crippen LogP contribution in [0.5, 0.6) is 0 Å². The zero-order valence-electron chi connectivity index (χ0n) is 9.40. The molecule has 0 aliphatic heterocycles. The molecule has 0 aliphatic carbocycles. The molecular weight excluding hydrogens is 307 g/mol. The lowest BCUT2D eigenvalue weighted by Crippen LogP contribution is -2.18. The Morgan fingerprint density at radius 1 is 1.37 bits per heavy atom. The van der Waals surface area contributed by atoms with E-state index in [9.17, 15) is 26.4 Å². The molecular formula is C9H10F3NO4S2. The van der Waals surface area contributed by atoms with Gasteiger partial charge in [-0.2, -0.15) is 13.2 Å². The lowest BCUT2D eigenvalue weighted by molar-refractivity contribution is -0.134. The third-order valence-corrected chi connectivity index (χ3v) is 4.42. The predicted molar refractivity (Wildman–Crippen MR) is 64.0 cm³/mol. The monoisotopic (exact) mass is 317 g/mol. The molecule has 0 aromatic carbocycles. The molecule has 1 heterocycles. The van der Waals surface area contributed by atoms with E-state index in [0.717, 1.165) is 0 Å². The van der Waals surface area contributed by atoms with Gasteiger partial charge in [-0.3, -0.25) is 4.72 Å². The van der Waals surface area contributed by atoms with Crippen molar-refractivity contribution in [2.75, 3.05) is 10.5 Å². The summed E-state index contributed by atoms with van der Waals surface area (Å²) in [5, 5.41) is 8.70. The molecule has 0 spiro atoms. The van der Waals surface area contributed by atoms with Crippen LogP contribution in [0.25, 0.3) is 0 Å². The quantitative estimate of drug-likeness (QED) is 0.844. The van der Waals surface area contributed by atoms with E-state index in [1.807, 2.05) is 4.72 Å². The highest BCUT2D eigenvalue weighted by molar-refractivity contribution is 7.92. The van der Waals surface area contributed by atoms with Gasteiger partial charge in [0.05, 0.1) is 5.75 Å². The first-order valence-electron chi connectivity index (χ1n) is 4.99. The van der Waals surface area contributed by atoms with Crippen molar-refractivity contribution in [3.63, 3.8) is 0 Å². The van der Waals surface area contributed by atoms with Crippen molar-refractivity contribution < 1.29 is 31.5 Å². The Balaban J connectivity index is 2.56. The molecule has 19 heavy (non-hydrogen) atoms. The number of nitrogens with one attached hydrogen (secondary N) is 1. The molecule has 0 aliphatic rings. The number of anilines is 1. The van der Waals surface area contributed by atoms with Crippen LogP contribution in [0.1, 0.15) is 22.5 Å². The Kier molecular flexibility index (Phi) is 4.80. The molecule has 0 saturated carbocycles. The van der Waals surface area contributed by atoms with Crippen LogP contribution in [0, 0.1) is 0 Å². The number of thiophene rings is 1. The maximum absolute atomic E-state index is 11.9. The van der Waals surface area contributed by atoms with Crippen molar-refractivity contribution in [2.45, 2.75) is 19.0 Å². The summed E-state index contributed by atoms with van der Waals surface area (Å²) in [7, 11) is -3.90. The number of hydrogen-bond donors (Lipinski definition) is 2. The largest absolute Gasteiger partial charge is 0.477 e. The van der Waals surface area contributed by atoms with Crippen molar-refractivity contribution in [1.82, 2.24) is 0 Å². The number of carboxylic acid groups (broad SMARTS) is 1. The summed E-state index contributed by atoms with van der Waals surface area (Å²) in [5.41, 5.74) is 0. The van der Waals surface area contributed by atoms with E-state index in [1.54, 1.807) is 0 Å². The highest BCUT2D eigenvalue weighted by atomic mass is 32.2. The van der Waals surface area contributed by atoms with Gasteiger partial charge < -0.3 is 5.11 Å². The molecule has 1 rings (SSSR count). The first kappa shape index (κ1) is 15.8. The summed E-state index contributed by atoms with van der Waals surface area (Å²) < 4.78 is 60.5. The molecule has 5 nitrogen and oxygen atoms in total. The molecule has 0 radical (unpaired) electrons. The fraction of sp³-hybridized carbons (Fsp3) is 0.444. The van der Waals surface area contributed by atoms with Crippen LogP contribution in [0.2, 0.25) is 0 Å². The molecule has 0 fully saturated rings. The number of rotatable bonds is 6. The average Bonchev–Trinajstić information content (AvgIpc) is 2.62. The Morgan fingerprint density at radius 2 is 2.00 bits per heavy atom. The van der Waals surface area contributed by atoms with E-state index in [2.05, 4.69) is 0 Å². The zero-order valence-corrected chi connectivity index (χ0v) is 11.0. The normalized spacial score (nSPS) is 12.4. The second-order valence-electron chi connectivity index (χ2n) is 3.61. The summed E-state index contributed by atoms with van der Waals surface area (Å²) in [4.78, 5) is 10.5. The summed E-state index contributed by atoms with van der Waals surface area (Å²) in [5.74, 6) is -1.88. The summed E-state index contributed by atoms with van der Waals surface area (Å²) in [6.45, 7) is 0. The van der Waals surface area contributed by atoms with Gasteiger partial charge >= 0.3 is 12.1 Å².